The van der Waals surface area contributed by atoms with Crippen molar-refractivity contribution in [1.82, 2.24) is 29.6 Å². The number of piperidine rings is 1. The van der Waals surface area contributed by atoms with E-state index in [1.165, 1.54) is 6.20 Å². The van der Waals surface area contributed by atoms with E-state index in [1.54, 1.807) is 16.7 Å². The first kappa shape index (κ1) is 27.9. The zero-order chi connectivity index (χ0) is 28.2. The fourth-order valence-corrected chi connectivity index (χ4v) is 4.17. The number of para-hydroxylation sites is 2. The van der Waals surface area contributed by atoms with E-state index in [0.29, 0.717) is 30.3 Å². The molecular weight excluding hydrogens is 531 g/mol. The van der Waals surface area contributed by atoms with Crippen molar-refractivity contribution in [3.8, 4) is 11.5 Å². The summed E-state index contributed by atoms with van der Waals surface area (Å²) < 4.78 is 65.6. The lowest BCUT2D eigenvalue weighted by Gasteiger charge is -2.22. The van der Waals surface area contributed by atoms with Gasteiger partial charge in [-0.2, -0.15) is 22.0 Å². The average Bonchev–Trinajstić information content (AvgIpc) is 3.50. The van der Waals surface area contributed by atoms with Crippen LogP contribution in [-0.2, 0) is 17.9 Å². The van der Waals surface area contributed by atoms with Crippen molar-refractivity contribution in [3.63, 3.8) is 0 Å². The summed E-state index contributed by atoms with van der Waals surface area (Å²) in [6, 6.07) is 11.2. The van der Waals surface area contributed by atoms with Gasteiger partial charge in [0.15, 0.2) is 0 Å². The van der Waals surface area contributed by atoms with Crippen molar-refractivity contribution in [2.45, 2.75) is 38.5 Å². The van der Waals surface area contributed by atoms with Gasteiger partial charge in [0.2, 0.25) is 5.89 Å². The number of hydrogen-bond donors (Lipinski definition) is 2. The van der Waals surface area contributed by atoms with E-state index in [1.807, 2.05) is 28.8 Å². The van der Waals surface area contributed by atoms with Crippen LogP contribution in [0.4, 0.5) is 22.0 Å². The molecule has 1 aliphatic rings. The molecule has 15 heteroatoms. The fourth-order valence-electron chi connectivity index (χ4n) is 4.17. The van der Waals surface area contributed by atoms with Gasteiger partial charge in [-0.05, 0) is 56.1 Å². The van der Waals surface area contributed by atoms with Crippen molar-refractivity contribution >= 4 is 17.0 Å². The molecule has 0 amide bonds. The average molecular weight is 554 g/mol. The van der Waals surface area contributed by atoms with E-state index >= 15 is 0 Å². The number of hydrogen-bond acceptors (Lipinski definition) is 7. The van der Waals surface area contributed by atoms with Crippen LogP contribution in [0.1, 0.15) is 30.9 Å². The molecule has 0 radical (unpaired) electrons. The highest BCUT2D eigenvalue weighted by Crippen LogP contribution is 2.23. The van der Waals surface area contributed by atoms with Gasteiger partial charge in [-0.3, -0.25) is 14.1 Å². The second-order valence-corrected chi connectivity index (χ2v) is 8.75. The maximum atomic E-state index is 13.3. The quantitative estimate of drug-likeness (QED) is 0.344. The Morgan fingerprint density at radius 1 is 1.08 bits per heavy atom. The van der Waals surface area contributed by atoms with E-state index in [-0.39, 0.29) is 11.6 Å². The van der Waals surface area contributed by atoms with Crippen LogP contribution in [0.15, 0.2) is 51.8 Å². The Morgan fingerprint density at radius 2 is 1.72 bits per heavy atom. The topological polar surface area (TPSA) is 128 Å². The molecule has 1 saturated heterocycles. The molecule has 10 nitrogen and oxygen atoms in total. The molecular formula is C24H23F5N6O4. The third kappa shape index (κ3) is 6.66. The highest BCUT2D eigenvalue weighted by atomic mass is 19.4. The summed E-state index contributed by atoms with van der Waals surface area (Å²) in [4.78, 5) is 26.6. The Morgan fingerprint density at radius 3 is 2.26 bits per heavy atom. The predicted octanol–water partition coefficient (Wildman–Crippen LogP) is 3.87. The largest absolute Gasteiger partial charge is 0.490 e. The number of nitrogens with one attached hydrogen (secondary N) is 1. The number of carboxylic acids is 1. The van der Waals surface area contributed by atoms with Crippen LogP contribution in [0, 0.1) is 5.92 Å². The van der Waals surface area contributed by atoms with Crippen LogP contribution in [0.3, 0.4) is 0 Å². The first-order valence-electron chi connectivity index (χ1n) is 11.8. The second-order valence-electron chi connectivity index (χ2n) is 8.75. The van der Waals surface area contributed by atoms with Gasteiger partial charge in [0.25, 0.3) is 5.89 Å². The molecule has 1 aromatic carbocycles. The minimum absolute atomic E-state index is 0.0184. The molecule has 1 fully saturated rings. The lowest BCUT2D eigenvalue weighted by atomic mass is 9.98. The first-order valence-corrected chi connectivity index (χ1v) is 11.8. The maximum Gasteiger partial charge on any atom is 0.490 e. The third-order valence-electron chi connectivity index (χ3n) is 6.09. The number of benzene rings is 1. The molecule has 4 heterocycles. The predicted molar refractivity (Wildman–Crippen MR) is 127 cm³/mol. The van der Waals surface area contributed by atoms with E-state index < -0.39 is 24.5 Å². The van der Waals surface area contributed by atoms with Crippen LogP contribution < -0.4 is 11.0 Å². The number of nitrogens with zero attached hydrogens (tertiary/aromatic N) is 5. The lowest BCUT2D eigenvalue weighted by Crippen LogP contribution is -2.33. The number of fused-ring (bicyclic) bond motifs is 1. The van der Waals surface area contributed by atoms with Gasteiger partial charge in [-0.15, -0.1) is 10.2 Å². The Bertz CT molecular complexity index is 1470. The molecule has 0 aliphatic carbocycles. The lowest BCUT2D eigenvalue weighted by molar-refractivity contribution is -0.192. The Balaban J connectivity index is 0.000000448. The SMILES string of the molecule is O=C(O)C(F)(F)F.O=c1n(Cc2ccc(-c3nnc(C(F)F)o3)cn2)c2ccccc2n1CC1CCNCC1. The summed E-state index contributed by atoms with van der Waals surface area (Å²) in [5.41, 5.74) is 2.81. The van der Waals surface area contributed by atoms with Gasteiger partial charge in [-0.25, -0.2) is 9.59 Å². The van der Waals surface area contributed by atoms with Crippen molar-refractivity contribution in [2.24, 2.45) is 5.92 Å². The normalized spacial score (nSPS) is 14.4. The van der Waals surface area contributed by atoms with Crippen LogP contribution in [0.5, 0.6) is 0 Å². The molecule has 1 aliphatic heterocycles. The monoisotopic (exact) mass is 554 g/mol. The molecule has 3 aromatic heterocycles. The zero-order valence-corrected chi connectivity index (χ0v) is 20.2. The van der Waals surface area contributed by atoms with Crippen LogP contribution in [0.25, 0.3) is 22.5 Å². The van der Waals surface area contributed by atoms with Crippen molar-refractivity contribution in [1.29, 1.82) is 0 Å². The fraction of sp³-hybridized carbons (Fsp3) is 0.375. The summed E-state index contributed by atoms with van der Waals surface area (Å²) in [7, 11) is 0. The highest BCUT2D eigenvalue weighted by molar-refractivity contribution is 5.76. The number of halogens is 5. The molecule has 208 valence electrons. The molecule has 0 spiro atoms. The zero-order valence-electron chi connectivity index (χ0n) is 20.2. The van der Waals surface area contributed by atoms with Gasteiger partial charge in [0, 0.05) is 12.7 Å². The van der Waals surface area contributed by atoms with Gasteiger partial charge in [0.05, 0.1) is 28.8 Å². The number of rotatable bonds is 6. The standard InChI is InChI=1S/C22H22F2N6O2.C2HF3O2/c23-19(24)21-28-27-20(32-21)15-5-6-16(26-11-15)13-30-18-4-2-1-3-17(18)29(22(30)31)12-14-7-9-25-10-8-14;3-2(4,5)1(6)7/h1-6,11,14,19,25H,7-10,12-13H2;(H,6,7). The molecule has 0 atom stereocenters. The molecule has 0 saturated carbocycles. The van der Waals surface area contributed by atoms with Crippen LogP contribution >= 0.6 is 0 Å². The van der Waals surface area contributed by atoms with E-state index in [2.05, 4.69) is 20.5 Å². The highest BCUT2D eigenvalue weighted by Gasteiger charge is 2.38. The Hall–Kier alpha value is -4.14. The van der Waals surface area contributed by atoms with E-state index in [9.17, 15) is 26.7 Å². The summed E-state index contributed by atoms with van der Waals surface area (Å²) in [5, 5.41) is 17.5. The molecule has 4 aromatic rings. The van der Waals surface area contributed by atoms with Crippen molar-refractivity contribution < 1.29 is 36.3 Å². The Labute approximate surface area is 217 Å². The summed E-state index contributed by atoms with van der Waals surface area (Å²) >= 11 is 0. The van der Waals surface area contributed by atoms with E-state index in [0.717, 1.165) is 37.0 Å². The maximum absolute atomic E-state index is 13.3. The number of alkyl halides is 5. The number of pyridine rings is 1. The van der Waals surface area contributed by atoms with E-state index in [4.69, 9.17) is 14.3 Å². The van der Waals surface area contributed by atoms with Crippen molar-refractivity contribution in [3.05, 3.63) is 64.7 Å². The van der Waals surface area contributed by atoms with Gasteiger partial charge in [-0.1, -0.05) is 12.1 Å². The Kier molecular flexibility index (Phi) is 8.38. The number of imidazole rings is 1. The molecule has 0 bridgehead atoms. The third-order valence-corrected chi connectivity index (χ3v) is 6.09. The molecule has 0 unspecified atom stereocenters. The minimum atomic E-state index is -5.08. The van der Waals surface area contributed by atoms with Crippen LogP contribution in [0.2, 0.25) is 0 Å². The molecule has 2 N–H and O–H groups in total. The smallest absolute Gasteiger partial charge is 0.475 e. The number of aliphatic carboxylic acids is 1. The molecule has 39 heavy (non-hydrogen) atoms. The number of carboxylic acid groups (broad SMARTS) is 1. The van der Waals surface area contributed by atoms with Crippen molar-refractivity contribution in [2.75, 3.05) is 13.1 Å². The molecule has 5 rings (SSSR count). The number of carbonyl (C=O) groups is 1. The van der Waals surface area contributed by atoms with Gasteiger partial charge < -0.3 is 14.8 Å². The summed E-state index contributed by atoms with van der Waals surface area (Å²) in [6.07, 6.45) is -4.31. The van der Waals surface area contributed by atoms with Crippen LogP contribution in [-0.4, -0.2) is 54.7 Å². The second kappa shape index (κ2) is 11.7. The van der Waals surface area contributed by atoms with Gasteiger partial charge >= 0.3 is 24.3 Å². The summed E-state index contributed by atoms with van der Waals surface area (Å²) in [5.74, 6) is -3.03. The first-order chi connectivity index (χ1) is 18.5. The van der Waals surface area contributed by atoms with Gasteiger partial charge in [0.1, 0.15) is 0 Å². The number of aromatic nitrogens is 5. The minimum Gasteiger partial charge on any atom is -0.475 e. The summed E-state index contributed by atoms with van der Waals surface area (Å²) in [6.45, 7) is 2.95.